The van der Waals surface area contributed by atoms with Gasteiger partial charge in [0.1, 0.15) is 0 Å². The largest absolute Gasteiger partial charge is 0.285 e. The molecule has 0 N–H and O–H groups in total. The Balaban J connectivity index is 0.000000187. The Hall–Kier alpha value is -0.0400. The van der Waals surface area contributed by atoms with E-state index >= 15 is 0 Å². The molecule has 0 heterocycles. The van der Waals surface area contributed by atoms with Crippen molar-refractivity contribution in [3.63, 3.8) is 0 Å². The van der Waals surface area contributed by atoms with Gasteiger partial charge in [-0.2, -0.15) is 0 Å². The van der Waals surface area contributed by atoms with Crippen molar-refractivity contribution in [3.05, 3.63) is 0 Å². The Morgan fingerprint density at radius 1 is 0.889 bits per heavy atom. The summed E-state index contributed by atoms with van der Waals surface area (Å²) in [6.45, 7) is 0. The van der Waals surface area contributed by atoms with Gasteiger partial charge in [-0.1, -0.05) is 38.5 Å². The van der Waals surface area contributed by atoms with Gasteiger partial charge < -0.3 is 0 Å². The molecule has 1 fully saturated rings. The van der Waals surface area contributed by atoms with Gasteiger partial charge in [-0.15, -0.1) is 0 Å². The van der Waals surface area contributed by atoms with E-state index in [1.807, 2.05) is 0 Å². The van der Waals surface area contributed by atoms with E-state index in [1.54, 1.807) is 0 Å². The van der Waals surface area contributed by atoms with Crippen LogP contribution in [0.3, 0.4) is 0 Å². The highest BCUT2D eigenvalue weighted by Crippen LogP contribution is 2.15. The number of carbonyl (C=O) groups is 1. The van der Waals surface area contributed by atoms with Crippen LogP contribution in [-0.2, 0) is 4.79 Å². The molecule has 1 nitrogen and oxygen atoms in total. The lowest BCUT2D eigenvalue weighted by Crippen LogP contribution is -1.85. The fourth-order valence-electron chi connectivity index (χ4n) is 1.06. The smallest absolute Gasteiger partial charge is 0.208 e. The Morgan fingerprint density at radius 3 is 1.11 bits per heavy atom. The summed E-state index contributed by atoms with van der Waals surface area (Å²) in [5.74, 6) is 0.222. The minimum Gasteiger partial charge on any atom is -0.285 e. The highest BCUT2D eigenvalue weighted by Gasteiger charge is 1.95. The summed E-state index contributed by atoms with van der Waals surface area (Å²) in [5.41, 5.74) is 0. The normalized spacial score (nSPS) is 17.4. The molecule has 0 spiro atoms. The maximum absolute atomic E-state index is 8.57. The average Bonchev–Trinajstić information content (AvgIpc) is 1.93. The number of hydrogen-bond acceptors (Lipinski definition) is 1. The fraction of sp³-hybridized carbons (Fsp3) is 0.857. The topological polar surface area (TPSA) is 17.1 Å². The van der Waals surface area contributed by atoms with Crippen molar-refractivity contribution in [2.75, 3.05) is 0 Å². The van der Waals surface area contributed by atoms with Crippen LogP contribution in [0.5, 0.6) is 0 Å². The molecule has 0 bridgehead atoms. The maximum atomic E-state index is 8.57. The first kappa shape index (κ1) is 8.96. The molecule has 1 rings (SSSR count). The standard InChI is InChI=1S/C6H12.CHClO/c1-2-4-6-5-3-1;2-1-3/h1-6H2;1H. The van der Waals surface area contributed by atoms with Gasteiger partial charge in [0.15, 0.2) is 0 Å². The third-order valence-corrected chi connectivity index (χ3v) is 1.50. The molecule has 0 aromatic rings. The highest BCUT2D eigenvalue weighted by atomic mass is 35.5. The van der Waals surface area contributed by atoms with E-state index in [1.165, 1.54) is 38.5 Å². The molecule has 0 aromatic carbocycles. The van der Waals surface area contributed by atoms with E-state index in [-0.39, 0.29) is 5.75 Å². The van der Waals surface area contributed by atoms with E-state index in [2.05, 4.69) is 11.6 Å². The van der Waals surface area contributed by atoms with Gasteiger partial charge in [0.25, 0.3) is 0 Å². The summed E-state index contributed by atoms with van der Waals surface area (Å²) in [7, 11) is 0. The lowest BCUT2D eigenvalue weighted by atomic mass is 10.0. The zero-order valence-corrected chi connectivity index (χ0v) is 6.36. The summed E-state index contributed by atoms with van der Waals surface area (Å²) in [4.78, 5) is 8.57. The summed E-state index contributed by atoms with van der Waals surface area (Å²) in [6.07, 6.45) is 9.00. The lowest BCUT2D eigenvalue weighted by molar-refractivity contribution is 0.504. The lowest BCUT2D eigenvalue weighted by Gasteiger charge is -2.05. The van der Waals surface area contributed by atoms with Crippen LogP contribution in [0.15, 0.2) is 0 Å². The molecular formula is C7H13ClO. The van der Waals surface area contributed by atoms with Gasteiger partial charge in [-0.25, -0.2) is 0 Å². The molecule has 0 amide bonds. The third kappa shape index (κ3) is 7.96. The average molecular weight is 149 g/mol. The van der Waals surface area contributed by atoms with Gasteiger partial charge in [0.05, 0.1) is 0 Å². The molecule has 0 saturated heterocycles. The molecule has 9 heavy (non-hydrogen) atoms. The van der Waals surface area contributed by atoms with Crippen molar-refractivity contribution >= 4 is 17.3 Å². The van der Waals surface area contributed by atoms with E-state index in [4.69, 9.17) is 4.79 Å². The third-order valence-electron chi connectivity index (χ3n) is 1.50. The molecule has 54 valence electrons. The minimum absolute atomic E-state index is 0.222. The summed E-state index contributed by atoms with van der Waals surface area (Å²) < 4.78 is 0. The first-order valence-corrected chi connectivity index (χ1v) is 3.89. The monoisotopic (exact) mass is 148 g/mol. The quantitative estimate of drug-likeness (QED) is 0.382. The molecule has 0 radical (unpaired) electrons. The number of rotatable bonds is 0. The molecule has 1 aliphatic rings. The Kier molecular flexibility index (Phi) is 7.92. The van der Waals surface area contributed by atoms with Crippen molar-refractivity contribution in [1.82, 2.24) is 0 Å². The van der Waals surface area contributed by atoms with Crippen LogP contribution in [0.4, 0.5) is 0 Å². The summed E-state index contributed by atoms with van der Waals surface area (Å²) >= 11 is 4.32. The molecule has 1 aliphatic carbocycles. The van der Waals surface area contributed by atoms with E-state index < -0.39 is 0 Å². The Labute approximate surface area is 61.4 Å². The Bertz CT molecular complexity index is 48.4. The highest BCUT2D eigenvalue weighted by molar-refractivity contribution is 6.54. The maximum Gasteiger partial charge on any atom is 0.208 e. The molecule has 0 unspecified atom stereocenters. The van der Waals surface area contributed by atoms with Crippen LogP contribution in [0.1, 0.15) is 38.5 Å². The van der Waals surface area contributed by atoms with Crippen molar-refractivity contribution in [2.45, 2.75) is 38.5 Å². The van der Waals surface area contributed by atoms with E-state index in [9.17, 15) is 0 Å². The zero-order valence-electron chi connectivity index (χ0n) is 5.61. The van der Waals surface area contributed by atoms with Crippen LogP contribution in [-0.4, -0.2) is 5.75 Å². The van der Waals surface area contributed by atoms with Gasteiger partial charge in [0.2, 0.25) is 5.75 Å². The predicted molar refractivity (Wildman–Crippen MR) is 40.3 cm³/mol. The van der Waals surface area contributed by atoms with Crippen molar-refractivity contribution in [3.8, 4) is 0 Å². The van der Waals surface area contributed by atoms with E-state index in [0.29, 0.717) is 0 Å². The summed E-state index contributed by atoms with van der Waals surface area (Å²) in [6, 6.07) is 0. The molecule has 0 atom stereocenters. The van der Waals surface area contributed by atoms with Gasteiger partial charge in [0, 0.05) is 0 Å². The number of hydrogen-bond donors (Lipinski definition) is 0. The van der Waals surface area contributed by atoms with Crippen molar-refractivity contribution in [1.29, 1.82) is 0 Å². The van der Waals surface area contributed by atoms with Crippen LogP contribution in [0, 0.1) is 0 Å². The zero-order chi connectivity index (χ0) is 6.95. The second-order valence-corrected chi connectivity index (χ2v) is 2.39. The first-order chi connectivity index (χ1) is 4.41. The molecule has 2 heteroatoms. The van der Waals surface area contributed by atoms with Crippen molar-refractivity contribution < 1.29 is 4.79 Å². The van der Waals surface area contributed by atoms with Crippen LogP contribution in [0.25, 0.3) is 0 Å². The van der Waals surface area contributed by atoms with Crippen molar-refractivity contribution in [2.24, 2.45) is 0 Å². The van der Waals surface area contributed by atoms with Crippen LogP contribution >= 0.6 is 11.6 Å². The first-order valence-electron chi connectivity index (χ1n) is 3.45. The SMILES string of the molecule is C1CCCCC1.O=CCl. The second kappa shape index (κ2) is 7.96. The van der Waals surface area contributed by atoms with Gasteiger partial charge >= 0.3 is 0 Å². The minimum atomic E-state index is 0.222. The summed E-state index contributed by atoms with van der Waals surface area (Å²) in [5, 5.41) is 0. The van der Waals surface area contributed by atoms with Gasteiger partial charge in [-0.3, -0.25) is 4.79 Å². The molecule has 0 aliphatic heterocycles. The van der Waals surface area contributed by atoms with Crippen LogP contribution < -0.4 is 0 Å². The molecular weight excluding hydrogens is 136 g/mol. The Morgan fingerprint density at radius 2 is 1.00 bits per heavy atom. The number of halogens is 1. The van der Waals surface area contributed by atoms with E-state index in [0.717, 1.165) is 0 Å². The van der Waals surface area contributed by atoms with Gasteiger partial charge in [-0.05, 0) is 11.6 Å². The fourth-order valence-corrected chi connectivity index (χ4v) is 1.06. The molecule has 0 aromatic heterocycles. The number of carbonyl (C=O) groups excluding carboxylic acids is 1. The van der Waals surface area contributed by atoms with Crippen LogP contribution in [0.2, 0.25) is 0 Å². The second-order valence-electron chi connectivity index (χ2n) is 2.21. The molecule has 1 saturated carbocycles. The predicted octanol–water partition coefficient (Wildman–Crippen LogP) is 2.76.